The first kappa shape index (κ1) is 15.6. The summed E-state index contributed by atoms with van der Waals surface area (Å²) >= 11 is 4.15. The molecule has 0 N–H and O–H groups in total. The third kappa shape index (κ3) is 5.38. The number of non-ortho nitro benzene ring substituents is 1. The van der Waals surface area contributed by atoms with Gasteiger partial charge in [-0.05, 0) is 24.7 Å². The quantitative estimate of drug-likeness (QED) is 0.326. The van der Waals surface area contributed by atoms with Gasteiger partial charge in [0.05, 0.1) is 24.7 Å². The summed E-state index contributed by atoms with van der Waals surface area (Å²) in [4.78, 5) is 10.3. The van der Waals surface area contributed by atoms with Crippen molar-refractivity contribution in [2.45, 2.75) is 25.7 Å². The molecule has 1 aromatic rings. The van der Waals surface area contributed by atoms with Crippen molar-refractivity contribution in [1.29, 1.82) is 0 Å². The van der Waals surface area contributed by atoms with Crippen molar-refractivity contribution in [3.63, 3.8) is 0 Å². The second-order valence-electron chi connectivity index (χ2n) is 4.08. The standard InChI is InChI=1S/C13H19NO4S/c1-17-12-7-6-11(14(15)16)10-13(12)18-8-4-2-3-5-9-19/h6-7,10,19H,2-5,8-9H2,1H3. The number of hydrogen-bond acceptors (Lipinski definition) is 5. The maximum atomic E-state index is 10.7. The van der Waals surface area contributed by atoms with Crippen molar-refractivity contribution in [2.75, 3.05) is 19.5 Å². The van der Waals surface area contributed by atoms with Crippen molar-refractivity contribution in [3.05, 3.63) is 28.3 Å². The number of methoxy groups -OCH3 is 1. The molecule has 0 unspecified atom stereocenters. The van der Waals surface area contributed by atoms with Crippen molar-refractivity contribution >= 4 is 18.3 Å². The third-order valence-corrected chi connectivity index (χ3v) is 2.98. The van der Waals surface area contributed by atoms with Crippen molar-refractivity contribution < 1.29 is 14.4 Å². The lowest BCUT2D eigenvalue weighted by atomic mass is 10.2. The average Bonchev–Trinajstić information content (AvgIpc) is 2.42. The number of thiol groups is 1. The number of ether oxygens (including phenoxy) is 2. The molecule has 1 rings (SSSR count). The van der Waals surface area contributed by atoms with Crippen LogP contribution in [0.25, 0.3) is 0 Å². The van der Waals surface area contributed by atoms with Crippen LogP contribution in [0.4, 0.5) is 5.69 Å². The molecular weight excluding hydrogens is 266 g/mol. The van der Waals surface area contributed by atoms with Crippen LogP contribution in [-0.2, 0) is 0 Å². The number of benzene rings is 1. The largest absolute Gasteiger partial charge is 0.493 e. The summed E-state index contributed by atoms with van der Waals surface area (Å²) in [5.74, 6) is 1.84. The molecule has 0 radical (unpaired) electrons. The molecule has 0 aliphatic carbocycles. The third-order valence-electron chi connectivity index (χ3n) is 2.67. The van der Waals surface area contributed by atoms with Gasteiger partial charge in [-0.15, -0.1) is 0 Å². The van der Waals surface area contributed by atoms with Crippen molar-refractivity contribution in [2.24, 2.45) is 0 Å². The first-order chi connectivity index (χ1) is 9.19. The van der Waals surface area contributed by atoms with Crippen LogP contribution in [0.2, 0.25) is 0 Å². The maximum absolute atomic E-state index is 10.7. The molecule has 0 aromatic heterocycles. The van der Waals surface area contributed by atoms with E-state index in [2.05, 4.69) is 12.6 Å². The van der Waals surface area contributed by atoms with Gasteiger partial charge in [0, 0.05) is 6.07 Å². The Morgan fingerprint density at radius 2 is 1.95 bits per heavy atom. The summed E-state index contributed by atoms with van der Waals surface area (Å²) in [5, 5.41) is 10.7. The second kappa shape index (κ2) is 8.63. The number of nitro benzene ring substituents is 1. The van der Waals surface area contributed by atoms with Gasteiger partial charge in [-0.1, -0.05) is 12.8 Å². The van der Waals surface area contributed by atoms with E-state index in [1.807, 2.05) is 0 Å². The molecule has 0 bridgehead atoms. The maximum Gasteiger partial charge on any atom is 0.273 e. The zero-order valence-electron chi connectivity index (χ0n) is 11.0. The number of unbranched alkanes of at least 4 members (excludes halogenated alkanes) is 3. The van der Waals surface area contributed by atoms with Gasteiger partial charge in [-0.25, -0.2) is 0 Å². The molecule has 0 spiro atoms. The molecule has 19 heavy (non-hydrogen) atoms. The van der Waals surface area contributed by atoms with Crippen LogP contribution in [0.5, 0.6) is 11.5 Å². The van der Waals surface area contributed by atoms with Crippen LogP contribution in [0, 0.1) is 10.1 Å². The van der Waals surface area contributed by atoms with E-state index in [9.17, 15) is 10.1 Å². The van der Waals surface area contributed by atoms with E-state index in [1.54, 1.807) is 6.07 Å². The lowest BCUT2D eigenvalue weighted by molar-refractivity contribution is -0.385. The van der Waals surface area contributed by atoms with Gasteiger partial charge < -0.3 is 9.47 Å². The normalized spacial score (nSPS) is 10.2. The van der Waals surface area contributed by atoms with Crippen LogP contribution >= 0.6 is 12.6 Å². The Morgan fingerprint density at radius 1 is 1.21 bits per heavy atom. The predicted molar refractivity (Wildman–Crippen MR) is 77.5 cm³/mol. The van der Waals surface area contributed by atoms with Gasteiger partial charge >= 0.3 is 0 Å². The fraction of sp³-hybridized carbons (Fsp3) is 0.538. The Morgan fingerprint density at radius 3 is 2.58 bits per heavy atom. The summed E-state index contributed by atoms with van der Waals surface area (Å²) in [5.41, 5.74) is 0.00544. The van der Waals surface area contributed by atoms with E-state index in [1.165, 1.54) is 19.2 Å². The zero-order chi connectivity index (χ0) is 14.1. The first-order valence-corrected chi connectivity index (χ1v) is 6.88. The Labute approximate surface area is 118 Å². The van der Waals surface area contributed by atoms with Gasteiger partial charge in [0.2, 0.25) is 0 Å². The van der Waals surface area contributed by atoms with Crippen molar-refractivity contribution in [3.8, 4) is 11.5 Å². The highest BCUT2D eigenvalue weighted by atomic mass is 32.1. The van der Waals surface area contributed by atoms with E-state index in [4.69, 9.17) is 9.47 Å². The summed E-state index contributed by atoms with van der Waals surface area (Å²) in [7, 11) is 1.51. The summed E-state index contributed by atoms with van der Waals surface area (Å²) in [6.45, 7) is 0.532. The van der Waals surface area contributed by atoms with Gasteiger partial charge in [0.1, 0.15) is 0 Å². The smallest absolute Gasteiger partial charge is 0.273 e. The molecule has 0 amide bonds. The minimum atomic E-state index is -0.445. The van der Waals surface area contributed by atoms with Crippen LogP contribution in [0.3, 0.4) is 0 Å². The zero-order valence-corrected chi connectivity index (χ0v) is 11.9. The topological polar surface area (TPSA) is 61.6 Å². The predicted octanol–water partition coefficient (Wildman–Crippen LogP) is 3.47. The van der Waals surface area contributed by atoms with E-state index in [-0.39, 0.29) is 5.69 Å². The summed E-state index contributed by atoms with van der Waals surface area (Å²) in [6.07, 6.45) is 4.21. The molecule has 6 heteroatoms. The van der Waals surface area contributed by atoms with Gasteiger partial charge in [0.15, 0.2) is 11.5 Å². The lowest BCUT2D eigenvalue weighted by Crippen LogP contribution is -2.00. The van der Waals surface area contributed by atoms with Crippen LogP contribution in [-0.4, -0.2) is 24.4 Å². The Hall–Kier alpha value is -1.43. The molecule has 1 aromatic carbocycles. The summed E-state index contributed by atoms with van der Waals surface area (Å²) in [6, 6.07) is 4.35. The molecule has 0 aliphatic heterocycles. The number of hydrogen-bond donors (Lipinski definition) is 1. The van der Waals surface area contributed by atoms with E-state index in [0.717, 1.165) is 31.4 Å². The van der Waals surface area contributed by atoms with Crippen LogP contribution in [0.15, 0.2) is 18.2 Å². The van der Waals surface area contributed by atoms with Gasteiger partial charge in [-0.2, -0.15) is 12.6 Å². The minimum Gasteiger partial charge on any atom is -0.493 e. The highest BCUT2D eigenvalue weighted by Crippen LogP contribution is 2.31. The fourth-order valence-electron chi connectivity index (χ4n) is 1.64. The monoisotopic (exact) mass is 285 g/mol. The van der Waals surface area contributed by atoms with E-state index in [0.29, 0.717) is 18.1 Å². The van der Waals surface area contributed by atoms with Crippen molar-refractivity contribution in [1.82, 2.24) is 0 Å². The Bertz CT molecular complexity index is 412. The van der Waals surface area contributed by atoms with Gasteiger partial charge in [0.25, 0.3) is 5.69 Å². The van der Waals surface area contributed by atoms with Gasteiger partial charge in [-0.3, -0.25) is 10.1 Å². The number of nitrogens with zero attached hydrogens (tertiary/aromatic N) is 1. The Balaban J connectivity index is 2.50. The Kier molecular flexibility index (Phi) is 7.10. The molecule has 0 atom stereocenters. The first-order valence-electron chi connectivity index (χ1n) is 6.25. The van der Waals surface area contributed by atoms with Crippen LogP contribution < -0.4 is 9.47 Å². The molecule has 5 nitrogen and oxygen atoms in total. The highest BCUT2D eigenvalue weighted by molar-refractivity contribution is 7.80. The molecule has 0 fully saturated rings. The lowest BCUT2D eigenvalue weighted by Gasteiger charge is -2.10. The second-order valence-corrected chi connectivity index (χ2v) is 4.53. The van der Waals surface area contributed by atoms with Crippen LogP contribution in [0.1, 0.15) is 25.7 Å². The average molecular weight is 285 g/mol. The van der Waals surface area contributed by atoms with E-state index < -0.39 is 4.92 Å². The summed E-state index contributed by atoms with van der Waals surface area (Å²) < 4.78 is 10.7. The SMILES string of the molecule is COc1ccc([N+](=O)[O-])cc1OCCCCCCS. The molecule has 0 saturated carbocycles. The molecular formula is C13H19NO4S. The van der Waals surface area contributed by atoms with E-state index >= 15 is 0 Å². The number of rotatable bonds is 9. The minimum absolute atomic E-state index is 0.00544. The fourth-order valence-corrected chi connectivity index (χ4v) is 1.86. The number of nitro groups is 1. The molecule has 0 aliphatic rings. The molecule has 106 valence electrons. The highest BCUT2D eigenvalue weighted by Gasteiger charge is 2.12. The molecule has 0 saturated heterocycles. The molecule has 0 heterocycles.